The van der Waals surface area contributed by atoms with E-state index < -0.39 is 0 Å². The van der Waals surface area contributed by atoms with Crippen molar-refractivity contribution in [2.75, 3.05) is 6.61 Å². The van der Waals surface area contributed by atoms with E-state index in [1.165, 1.54) is 0 Å². The molecule has 65 valence electrons. The van der Waals surface area contributed by atoms with Gasteiger partial charge in [0.15, 0.2) is 0 Å². The van der Waals surface area contributed by atoms with Crippen LogP contribution in [0.3, 0.4) is 0 Å². The zero-order valence-corrected chi connectivity index (χ0v) is 7.51. The fourth-order valence-corrected chi connectivity index (χ4v) is 1.12. The van der Waals surface area contributed by atoms with Gasteiger partial charge in [-0.15, -0.1) is 0 Å². The normalized spacial score (nSPS) is 9.92. The molecule has 1 N–H and O–H groups in total. The molecule has 0 atom stereocenters. The number of halogens is 1. The maximum atomic E-state index is 8.75. The highest BCUT2D eigenvalue weighted by Crippen LogP contribution is 2.28. The maximum Gasteiger partial charge on any atom is 0.138 e. The second-order valence-electron chi connectivity index (χ2n) is 2.22. The van der Waals surface area contributed by atoms with Crippen molar-refractivity contribution >= 4 is 11.6 Å². The first-order valence-electron chi connectivity index (χ1n) is 3.68. The Hall–Kier alpha value is -0.730. The Labute approximate surface area is 76.7 Å². The van der Waals surface area contributed by atoms with Crippen LogP contribution in [0, 0.1) is 6.61 Å². The SMILES string of the molecule is CCOc1cccc([CH]O)c1Cl. The van der Waals surface area contributed by atoms with Crippen LogP contribution in [0.5, 0.6) is 5.75 Å². The molecule has 1 rings (SSSR count). The standard InChI is InChI=1S/C9H10ClO2/c1-2-12-8-5-3-4-7(6-11)9(8)10/h3-6,11H,2H2,1H3. The topological polar surface area (TPSA) is 29.5 Å². The molecule has 0 aliphatic rings. The van der Waals surface area contributed by atoms with E-state index in [0.717, 1.165) is 6.61 Å². The first kappa shape index (κ1) is 9.36. The van der Waals surface area contributed by atoms with Crippen LogP contribution in [0.4, 0.5) is 0 Å². The second kappa shape index (κ2) is 4.33. The molecule has 0 amide bonds. The molecule has 3 heteroatoms. The van der Waals surface area contributed by atoms with E-state index in [1.807, 2.05) is 6.92 Å². The highest BCUT2D eigenvalue weighted by atomic mass is 35.5. The highest BCUT2D eigenvalue weighted by molar-refractivity contribution is 6.33. The Bertz CT molecular complexity index is 261. The van der Waals surface area contributed by atoms with Crippen molar-refractivity contribution in [1.29, 1.82) is 0 Å². The van der Waals surface area contributed by atoms with Crippen molar-refractivity contribution in [3.8, 4) is 5.75 Å². The van der Waals surface area contributed by atoms with Crippen molar-refractivity contribution in [3.05, 3.63) is 35.4 Å². The van der Waals surface area contributed by atoms with Crippen LogP contribution < -0.4 is 4.74 Å². The average molecular weight is 186 g/mol. The third-order valence-corrected chi connectivity index (χ3v) is 1.84. The zero-order valence-electron chi connectivity index (χ0n) is 6.75. The summed E-state index contributed by atoms with van der Waals surface area (Å²) in [4.78, 5) is 0. The smallest absolute Gasteiger partial charge is 0.138 e. The summed E-state index contributed by atoms with van der Waals surface area (Å²) in [5.41, 5.74) is 0.572. The molecule has 0 unspecified atom stereocenters. The van der Waals surface area contributed by atoms with Gasteiger partial charge in [0, 0.05) is 5.56 Å². The third-order valence-electron chi connectivity index (χ3n) is 1.43. The van der Waals surface area contributed by atoms with Crippen LogP contribution in [0.1, 0.15) is 12.5 Å². The molecule has 12 heavy (non-hydrogen) atoms. The average Bonchev–Trinajstić information content (AvgIpc) is 2.09. The van der Waals surface area contributed by atoms with E-state index in [1.54, 1.807) is 18.2 Å². The van der Waals surface area contributed by atoms with Gasteiger partial charge in [0.25, 0.3) is 0 Å². The minimum atomic E-state index is 0.446. The highest BCUT2D eigenvalue weighted by Gasteiger charge is 2.04. The molecule has 0 saturated heterocycles. The number of aliphatic hydroxyl groups is 1. The third kappa shape index (κ3) is 1.90. The first-order chi connectivity index (χ1) is 5.79. The molecule has 0 aliphatic carbocycles. The summed E-state index contributed by atoms with van der Waals surface area (Å²) in [6.45, 7) is 3.41. The summed E-state index contributed by atoms with van der Waals surface area (Å²) >= 11 is 5.87. The fraction of sp³-hybridized carbons (Fsp3) is 0.222. The number of hydrogen-bond acceptors (Lipinski definition) is 2. The lowest BCUT2D eigenvalue weighted by molar-refractivity contribution is 0.339. The lowest BCUT2D eigenvalue weighted by Crippen LogP contribution is -1.93. The lowest BCUT2D eigenvalue weighted by atomic mass is 10.2. The van der Waals surface area contributed by atoms with E-state index >= 15 is 0 Å². The molecule has 0 aliphatic heterocycles. The quantitative estimate of drug-likeness (QED) is 0.785. The summed E-state index contributed by atoms with van der Waals surface area (Å²) in [5, 5.41) is 9.19. The van der Waals surface area contributed by atoms with Gasteiger partial charge in [-0.05, 0) is 13.0 Å². The van der Waals surface area contributed by atoms with Gasteiger partial charge in [0.1, 0.15) is 12.4 Å². The number of ether oxygens (including phenoxy) is 1. The molecule has 0 aromatic heterocycles. The van der Waals surface area contributed by atoms with Gasteiger partial charge in [-0.25, -0.2) is 0 Å². The van der Waals surface area contributed by atoms with Gasteiger partial charge in [0.2, 0.25) is 0 Å². The lowest BCUT2D eigenvalue weighted by Gasteiger charge is -2.07. The van der Waals surface area contributed by atoms with Gasteiger partial charge >= 0.3 is 0 Å². The number of benzene rings is 1. The molecule has 0 bridgehead atoms. The van der Waals surface area contributed by atoms with Crippen LogP contribution in [0.25, 0.3) is 0 Å². The van der Waals surface area contributed by atoms with Gasteiger partial charge in [-0.3, -0.25) is 0 Å². The van der Waals surface area contributed by atoms with E-state index in [9.17, 15) is 0 Å². The van der Waals surface area contributed by atoms with E-state index in [0.29, 0.717) is 22.9 Å². The molecule has 0 fully saturated rings. The minimum absolute atomic E-state index is 0.446. The predicted molar refractivity (Wildman–Crippen MR) is 48.0 cm³/mol. The number of hydrogen-bond donors (Lipinski definition) is 1. The van der Waals surface area contributed by atoms with Gasteiger partial charge in [-0.2, -0.15) is 0 Å². The Balaban J connectivity index is 2.97. The summed E-state index contributed by atoms with van der Waals surface area (Å²) in [6, 6.07) is 5.25. The minimum Gasteiger partial charge on any atom is -0.492 e. The Kier molecular flexibility index (Phi) is 3.38. The molecular formula is C9H10ClO2. The molecule has 1 radical (unpaired) electrons. The molecule has 0 heterocycles. The van der Waals surface area contributed by atoms with Gasteiger partial charge in [-0.1, -0.05) is 23.7 Å². The van der Waals surface area contributed by atoms with Crippen molar-refractivity contribution in [1.82, 2.24) is 0 Å². The molecule has 1 aromatic carbocycles. The summed E-state index contributed by atoms with van der Waals surface area (Å²) in [5.74, 6) is 0.599. The summed E-state index contributed by atoms with van der Waals surface area (Å²) in [7, 11) is 0. The van der Waals surface area contributed by atoms with Crippen molar-refractivity contribution in [2.45, 2.75) is 6.92 Å². The van der Waals surface area contributed by atoms with Gasteiger partial charge in [0.05, 0.1) is 11.6 Å². The van der Waals surface area contributed by atoms with Crippen LogP contribution >= 0.6 is 11.6 Å². The molecule has 1 aromatic rings. The molecule has 2 nitrogen and oxygen atoms in total. The molecule has 0 spiro atoms. The molecular weight excluding hydrogens is 176 g/mol. The molecule has 0 saturated carbocycles. The van der Waals surface area contributed by atoms with Crippen LogP contribution in [-0.4, -0.2) is 11.7 Å². The number of rotatable bonds is 3. The van der Waals surface area contributed by atoms with Crippen molar-refractivity contribution in [3.63, 3.8) is 0 Å². The van der Waals surface area contributed by atoms with E-state index in [2.05, 4.69) is 0 Å². The van der Waals surface area contributed by atoms with Gasteiger partial charge < -0.3 is 9.84 Å². The summed E-state index contributed by atoms with van der Waals surface area (Å²) < 4.78 is 5.22. The first-order valence-corrected chi connectivity index (χ1v) is 4.06. The van der Waals surface area contributed by atoms with Crippen molar-refractivity contribution in [2.24, 2.45) is 0 Å². The predicted octanol–water partition coefficient (Wildman–Crippen LogP) is 2.62. The monoisotopic (exact) mass is 185 g/mol. The van der Waals surface area contributed by atoms with Crippen LogP contribution in [0.2, 0.25) is 5.02 Å². The summed E-state index contributed by atoms with van der Waals surface area (Å²) in [6.07, 6.45) is 0. The zero-order chi connectivity index (χ0) is 8.97. The van der Waals surface area contributed by atoms with E-state index in [-0.39, 0.29) is 0 Å². The second-order valence-corrected chi connectivity index (χ2v) is 2.60. The fourth-order valence-electron chi connectivity index (χ4n) is 0.894. The Morgan fingerprint density at radius 1 is 1.58 bits per heavy atom. The van der Waals surface area contributed by atoms with E-state index in [4.69, 9.17) is 21.4 Å². The number of aliphatic hydroxyl groups excluding tert-OH is 1. The Morgan fingerprint density at radius 2 is 2.33 bits per heavy atom. The largest absolute Gasteiger partial charge is 0.492 e. The maximum absolute atomic E-state index is 8.75. The van der Waals surface area contributed by atoms with Crippen molar-refractivity contribution < 1.29 is 9.84 Å². The van der Waals surface area contributed by atoms with Crippen LogP contribution in [-0.2, 0) is 0 Å². The van der Waals surface area contributed by atoms with Crippen LogP contribution in [0.15, 0.2) is 18.2 Å². The Morgan fingerprint density at radius 3 is 2.92 bits per heavy atom.